The van der Waals surface area contributed by atoms with Crippen molar-refractivity contribution < 1.29 is 0 Å². The number of aromatic nitrogens is 4. The minimum atomic E-state index is 0.908. The maximum Gasteiger partial charge on any atom is 0.0923 e. The summed E-state index contributed by atoms with van der Waals surface area (Å²) in [6.45, 7) is 1.82. The van der Waals surface area contributed by atoms with E-state index in [4.69, 9.17) is 0 Å². The van der Waals surface area contributed by atoms with Gasteiger partial charge in [-0.15, -0.1) is 0 Å². The Morgan fingerprint density at radius 1 is 0.667 bits per heavy atom. The molecule has 0 bridgehead atoms. The highest BCUT2D eigenvalue weighted by Crippen LogP contribution is 2.13. The molecular formula is C17H16N4. The first-order valence-electron chi connectivity index (χ1n) is 7.23. The molecule has 0 saturated carbocycles. The SMILES string of the molecule is c1ccc2nn(CCCn3cc4ccccc4n3)cc2c1. The second kappa shape index (κ2) is 5.05. The molecule has 0 aliphatic heterocycles. The lowest BCUT2D eigenvalue weighted by Crippen LogP contribution is -2.04. The van der Waals surface area contributed by atoms with Crippen LogP contribution in [-0.2, 0) is 13.1 Å². The van der Waals surface area contributed by atoms with E-state index in [0.717, 1.165) is 30.5 Å². The summed E-state index contributed by atoms with van der Waals surface area (Å²) in [5.74, 6) is 0. The molecule has 0 atom stereocenters. The Morgan fingerprint density at radius 3 is 1.62 bits per heavy atom. The van der Waals surface area contributed by atoms with E-state index in [1.54, 1.807) is 0 Å². The average Bonchev–Trinajstić information content (AvgIpc) is 3.09. The molecule has 4 heteroatoms. The molecule has 0 saturated heterocycles. The maximum atomic E-state index is 4.57. The van der Waals surface area contributed by atoms with Crippen LogP contribution >= 0.6 is 0 Å². The van der Waals surface area contributed by atoms with Crippen molar-refractivity contribution in [2.75, 3.05) is 0 Å². The fourth-order valence-corrected chi connectivity index (χ4v) is 2.65. The minimum Gasteiger partial charge on any atom is -0.271 e. The number of nitrogens with zero attached hydrogens (tertiary/aromatic N) is 4. The van der Waals surface area contributed by atoms with E-state index in [9.17, 15) is 0 Å². The molecule has 0 aliphatic carbocycles. The lowest BCUT2D eigenvalue weighted by Gasteiger charge is -2.01. The van der Waals surface area contributed by atoms with Crippen molar-refractivity contribution in [2.45, 2.75) is 19.5 Å². The van der Waals surface area contributed by atoms with Gasteiger partial charge in [-0.2, -0.15) is 10.2 Å². The molecule has 0 fully saturated rings. The van der Waals surface area contributed by atoms with E-state index in [0.29, 0.717) is 0 Å². The van der Waals surface area contributed by atoms with Crippen LogP contribution in [0, 0.1) is 0 Å². The van der Waals surface area contributed by atoms with Crippen LogP contribution in [0.1, 0.15) is 6.42 Å². The molecule has 0 aliphatic rings. The van der Waals surface area contributed by atoms with Crippen LogP contribution < -0.4 is 0 Å². The molecule has 4 aromatic rings. The van der Waals surface area contributed by atoms with Gasteiger partial charge in [0.1, 0.15) is 0 Å². The van der Waals surface area contributed by atoms with Gasteiger partial charge in [0.2, 0.25) is 0 Å². The summed E-state index contributed by atoms with van der Waals surface area (Å²) in [5, 5.41) is 11.5. The summed E-state index contributed by atoms with van der Waals surface area (Å²) in [4.78, 5) is 0. The van der Waals surface area contributed by atoms with Crippen LogP contribution in [0.2, 0.25) is 0 Å². The smallest absolute Gasteiger partial charge is 0.0923 e. The average molecular weight is 276 g/mol. The number of hydrogen-bond donors (Lipinski definition) is 0. The maximum absolute atomic E-state index is 4.57. The lowest BCUT2D eigenvalue weighted by atomic mass is 10.3. The molecule has 0 N–H and O–H groups in total. The van der Waals surface area contributed by atoms with Gasteiger partial charge in [0.05, 0.1) is 11.0 Å². The summed E-state index contributed by atoms with van der Waals surface area (Å²) >= 11 is 0. The van der Waals surface area contributed by atoms with Gasteiger partial charge in [-0.05, 0) is 18.6 Å². The molecule has 0 unspecified atom stereocenters. The van der Waals surface area contributed by atoms with Crippen LogP contribution in [0.25, 0.3) is 21.8 Å². The van der Waals surface area contributed by atoms with Crippen molar-refractivity contribution in [3.63, 3.8) is 0 Å². The van der Waals surface area contributed by atoms with E-state index < -0.39 is 0 Å². The topological polar surface area (TPSA) is 35.6 Å². The highest BCUT2D eigenvalue weighted by Gasteiger charge is 2.01. The van der Waals surface area contributed by atoms with Gasteiger partial charge >= 0.3 is 0 Å². The van der Waals surface area contributed by atoms with E-state index >= 15 is 0 Å². The third-order valence-corrected chi connectivity index (χ3v) is 3.70. The monoisotopic (exact) mass is 276 g/mol. The van der Waals surface area contributed by atoms with Crippen molar-refractivity contribution in [1.82, 2.24) is 19.6 Å². The van der Waals surface area contributed by atoms with Gasteiger partial charge in [-0.3, -0.25) is 9.36 Å². The van der Waals surface area contributed by atoms with Crippen molar-refractivity contribution in [2.24, 2.45) is 0 Å². The van der Waals surface area contributed by atoms with Gasteiger partial charge < -0.3 is 0 Å². The molecule has 2 heterocycles. The third-order valence-electron chi connectivity index (χ3n) is 3.70. The molecule has 2 aromatic heterocycles. The summed E-state index contributed by atoms with van der Waals surface area (Å²) < 4.78 is 4.04. The first-order valence-corrected chi connectivity index (χ1v) is 7.23. The van der Waals surface area contributed by atoms with Crippen molar-refractivity contribution in [1.29, 1.82) is 0 Å². The van der Waals surface area contributed by atoms with Crippen molar-refractivity contribution in [3.05, 3.63) is 60.9 Å². The highest BCUT2D eigenvalue weighted by atomic mass is 15.3. The van der Waals surface area contributed by atoms with Gasteiger partial charge in [0.15, 0.2) is 0 Å². The molecule has 0 spiro atoms. The number of aryl methyl sites for hydroxylation is 2. The van der Waals surface area contributed by atoms with Gasteiger partial charge in [-0.1, -0.05) is 36.4 Å². The molecule has 4 nitrogen and oxygen atoms in total. The van der Waals surface area contributed by atoms with Crippen LogP contribution in [-0.4, -0.2) is 19.6 Å². The summed E-state index contributed by atoms with van der Waals surface area (Å²) in [6, 6.07) is 16.4. The van der Waals surface area contributed by atoms with E-state index in [2.05, 4.69) is 34.7 Å². The summed E-state index contributed by atoms with van der Waals surface area (Å²) in [5.41, 5.74) is 2.12. The Balaban J connectivity index is 1.44. The zero-order valence-electron chi connectivity index (χ0n) is 11.7. The predicted octanol–water partition coefficient (Wildman–Crippen LogP) is 3.48. The second-order valence-corrected chi connectivity index (χ2v) is 5.26. The molecular weight excluding hydrogens is 260 g/mol. The number of rotatable bonds is 4. The summed E-state index contributed by atoms with van der Waals surface area (Å²) in [7, 11) is 0. The normalized spacial score (nSPS) is 11.4. The Morgan fingerprint density at radius 2 is 1.14 bits per heavy atom. The van der Waals surface area contributed by atoms with Gasteiger partial charge in [-0.25, -0.2) is 0 Å². The molecule has 21 heavy (non-hydrogen) atoms. The van der Waals surface area contributed by atoms with E-state index in [-0.39, 0.29) is 0 Å². The Bertz CT molecular complexity index is 748. The number of benzene rings is 2. The number of hydrogen-bond acceptors (Lipinski definition) is 2. The Kier molecular flexibility index (Phi) is 2.92. The fraction of sp³-hybridized carbons (Fsp3) is 0.176. The minimum absolute atomic E-state index is 0.908. The molecule has 4 rings (SSSR count). The van der Waals surface area contributed by atoms with E-state index in [1.165, 1.54) is 10.8 Å². The van der Waals surface area contributed by atoms with Gasteiger partial charge in [0, 0.05) is 36.3 Å². The van der Waals surface area contributed by atoms with Crippen LogP contribution in [0.5, 0.6) is 0 Å². The first-order chi connectivity index (χ1) is 10.4. The molecule has 0 radical (unpaired) electrons. The van der Waals surface area contributed by atoms with Crippen LogP contribution in [0.3, 0.4) is 0 Å². The van der Waals surface area contributed by atoms with Crippen LogP contribution in [0.15, 0.2) is 60.9 Å². The third kappa shape index (κ3) is 2.40. The predicted molar refractivity (Wildman–Crippen MR) is 84.1 cm³/mol. The lowest BCUT2D eigenvalue weighted by molar-refractivity contribution is 0.505. The largest absolute Gasteiger partial charge is 0.271 e. The standard InChI is InChI=1S/C17H16N4/c1-3-8-16-14(6-1)12-20(18-16)10-5-11-21-13-15-7-2-4-9-17(15)19-21/h1-4,6-9,12-13H,5,10-11H2. The molecule has 0 amide bonds. The van der Waals surface area contributed by atoms with Crippen molar-refractivity contribution in [3.8, 4) is 0 Å². The Hall–Kier alpha value is -2.62. The van der Waals surface area contributed by atoms with Crippen LogP contribution in [0.4, 0.5) is 0 Å². The van der Waals surface area contributed by atoms with Crippen molar-refractivity contribution >= 4 is 21.8 Å². The fourth-order valence-electron chi connectivity index (χ4n) is 2.65. The quantitative estimate of drug-likeness (QED) is 0.572. The number of fused-ring (bicyclic) bond motifs is 2. The zero-order valence-corrected chi connectivity index (χ0v) is 11.7. The highest BCUT2D eigenvalue weighted by molar-refractivity contribution is 5.78. The molecule has 2 aromatic carbocycles. The first kappa shape index (κ1) is 12.1. The Labute approximate surface area is 122 Å². The second-order valence-electron chi connectivity index (χ2n) is 5.26. The molecule has 104 valence electrons. The van der Waals surface area contributed by atoms with E-state index in [1.807, 2.05) is 45.8 Å². The van der Waals surface area contributed by atoms with Gasteiger partial charge in [0.25, 0.3) is 0 Å². The zero-order chi connectivity index (χ0) is 14.1. The summed E-state index contributed by atoms with van der Waals surface area (Å²) in [6.07, 6.45) is 5.23.